The first-order valence-corrected chi connectivity index (χ1v) is 6.62. The van der Waals surface area contributed by atoms with Gasteiger partial charge in [0.25, 0.3) is 0 Å². The zero-order chi connectivity index (χ0) is 8.06. The van der Waals surface area contributed by atoms with Crippen LogP contribution in [0.5, 0.6) is 0 Å². The van der Waals surface area contributed by atoms with E-state index in [1.54, 1.807) is 6.42 Å². The fourth-order valence-corrected chi connectivity index (χ4v) is 6.51. The van der Waals surface area contributed by atoms with Gasteiger partial charge in [0.1, 0.15) is 0 Å². The summed E-state index contributed by atoms with van der Waals surface area (Å²) < 4.78 is 0.739. The maximum atomic E-state index is 2.50. The third-order valence-electron chi connectivity index (χ3n) is 3.56. The van der Waals surface area contributed by atoms with Crippen molar-refractivity contribution in [2.75, 3.05) is 0 Å². The van der Waals surface area contributed by atoms with Gasteiger partial charge in [-0.15, -0.1) is 0 Å². The monoisotopic (exact) mass is 218 g/mol. The Kier molecular flexibility index (Phi) is 1.85. The molecule has 64 valence electrons. The topological polar surface area (TPSA) is 0 Å². The fourth-order valence-electron chi connectivity index (χ4n) is 2.56. The number of hydrogen-bond acceptors (Lipinski definition) is 0. The molecular weight excluding hydrogens is 199 g/mol. The molecule has 0 aromatic heterocycles. The van der Waals surface area contributed by atoms with E-state index < -0.39 is 0 Å². The minimum atomic E-state index is 0.739. The Morgan fingerprint density at radius 1 is 1.27 bits per heavy atom. The second kappa shape index (κ2) is 2.50. The van der Waals surface area contributed by atoms with Crippen LogP contribution in [0.1, 0.15) is 40.0 Å². The summed E-state index contributed by atoms with van der Waals surface area (Å²) in [5.41, 5.74) is 0. The summed E-state index contributed by atoms with van der Waals surface area (Å²) in [4.78, 5) is 1.14. The van der Waals surface area contributed by atoms with Gasteiger partial charge in [-0.3, -0.25) is 0 Å². The van der Waals surface area contributed by atoms with Gasteiger partial charge in [-0.25, -0.2) is 0 Å². The van der Waals surface area contributed by atoms with Gasteiger partial charge in [0.2, 0.25) is 0 Å². The molecule has 3 atom stereocenters. The summed E-state index contributed by atoms with van der Waals surface area (Å²) in [6.45, 7) is 7.45. The van der Waals surface area contributed by atoms with Crippen LogP contribution in [-0.4, -0.2) is 15.0 Å². The second-order valence-corrected chi connectivity index (χ2v) is 8.72. The van der Waals surface area contributed by atoms with Crippen LogP contribution in [-0.2, 0) is 0 Å². The zero-order valence-corrected chi connectivity index (χ0v) is 9.47. The molecule has 0 nitrogen and oxygen atoms in total. The average molecular weight is 217 g/mol. The molecule has 2 bridgehead atoms. The normalized spacial score (nSPS) is 47.7. The van der Waals surface area contributed by atoms with Gasteiger partial charge in [0.15, 0.2) is 0 Å². The van der Waals surface area contributed by atoms with E-state index in [2.05, 4.69) is 20.8 Å². The van der Waals surface area contributed by atoms with Gasteiger partial charge in [0.05, 0.1) is 0 Å². The Morgan fingerprint density at radius 2 is 2.00 bits per heavy atom. The Labute approximate surface area is 76.3 Å². The molecule has 0 amide bonds. The molecule has 0 spiro atoms. The molecule has 1 heterocycles. The predicted molar refractivity (Wildman–Crippen MR) is 50.1 cm³/mol. The molecule has 2 aliphatic rings. The average Bonchev–Trinajstić information content (AvgIpc) is 2.16. The molecule has 1 aliphatic carbocycles. The summed E-state index contributed by atoms with van der Waals surface area (Å²) in [5, 5.41) is 0. The van der Waals surface area contributed by atoms with E-state index >= 15 is 0 Å². The van der Waals surface area contributed by atoms with Crippen LogP contribution >= 0.6 is 0 Å². The van der Waals surface area contributed by atoms with Crippen molar-refractivity contribution in [3.63, 3.8) is 0 Å². The standard InChI is InChI=1S/C10H18Se/c1-7-4-5-8-6-9(7)11-10(8,2)3/h7-9H,4-6H2,1-3H3/t7-,8-,9-/m1/s1. The van der Waals surface area contributed by atoms with E-state index in [4.69, 9.17) is 0 Å². The summed E-state index contributed by atoms with van der Waals surface area (Å²) in [5.74, 6) is 2.14. The van der Waals surface area contributed by atoms with E-state index in [-0.39, 0.29) is 0 Å². The van der Waals surface area contributed by atoms with E-state index in [1.807, 2.05) is 0 Å². The third-order valence-corrected chi connectivity index (χ3v) is 7.55. The molecule has 2 rings (SSSR count). The van der Waals surface area contributed by atoms with Crippen LogP contribution in [0.3, 0.4) is 0 Å². The van der Waals surface area contributed by atoms with Crippen molar-refractivity contribution in [2.24, 2.45) is 11.8 Å². The van der Waals surface area contributed by atoms with Gasteiger partial charge in [-0.05, 0) is 0 Å². The van der Waals surface area contributed by atoms with E-state index in [0.29, 0.717) is 0 Å². The third kappa shape index (κ3) is 1.27. The fraction of sp³-hybridized carbons (Fsp3) is 1.00. The van der Waals surface area contributed by atoms with Gasteiger partial charge >= 0.3 is 76.0 Å². The molecule has 0 unspecified atom stereocenters. The van der Waals surface area contributed by atoms with Crippen LogP contribution in [0.15, 0.2) is 0 Å². The van der Waals surface area contributed by atoms with Gasteiger partial charge < -0.3 is 0 Å². The molecular formula is C10H18Se. The van der Waals surface area contributed by atoms with Crippen molar-refractivity contribution >= 4 is 15.0 Å². The van der Waals surface area contributed by atoms with Gasteiger partial charge in [0, 0.05) is 0 Å². The van der Waals surface area contributed by atoms with Crippen molar-refractivity contribution < 1.29 is 0 Å². The second-order valence-electron chi connectivity index (χ2n) is 4.75. The van der Waals surface area contributed by atoms with Crippen molar-refractivity contribution in [3.8, 4) is 0 Å². The van der Waals surface area contributed by atoms with Crippen molar-refractivity contribution in [1.29, 1.82) is 0 Å². The molecule has 0 aromatic carbocycles. The van der Waals surface area contributed by atoms with Crippen LogP contribution in [0.2, 0.25) is 9.13 Å². The molecule has 1 saturated heterocycles. The Morgan fingerprint density at radius 3 is 2.64 bits per heavy atom. The van der Waals surface area contributed by atoms with Gasteiger partial charge in [-0.2, -0.15) is 0 Å². The molecule has 1 aliphatic heterocycles. The van der Waals surface area contributed by atoms with Crippen LogP contribution < -0.4 is 0 Å². The Hall–Kier alpha value is 0.519. The zero-order valence-electron chi connectivity index (χ0n) is 7.76. The van der Waals surface area contributed by atoms with Gasteiger partial charge in [-0.1, -0.05) is 0 Å². The van der Waals surface area contributed by atoms with E-state index in [9.17, 15) is 0 Å². The quantitative estimate of drug-likeness (QED) is 0.547. The predicted octanol–water partition coefficient (Wildman–Crippen LogP) is 3.13. The maximum absolute atomic E-state index is 2.50. The summed E-state index contributed by atoms with van der Waals surface area (Å²) >= 11 is 0.938. The van der Waals surface area contributed by atoms with Crippen molar-refractivity contribution in [1.82, 2.24) is 0 Å². The Bertz CT molecular complexity index is 162. The molecule has 2 fully saturated rings. The first kappa shape index (κ1) is 8.13. The van der Waals surface area contributed by atoms with Crippen LogP contribution in [0.4, 0.5) is 0 Å². The SMILES string of the molecule is C[C@@H]1CC[C@@H]2C[C@H]1[Se]C2(C)C. The first-order chi connectivity index (χ1) is 5.09. The van der Waals surface area contributed by atoms with Crippen LogP contribution in [0.25, 0.3) is 0 Å². The minimum absolute atomic E-state index is 0.739. The Balaban J connectivity index is 2.16. The summed E-state index contributed by atoms with van der Waals surface area (Å²) in [6, 6.07) is 0. The van der Waals surface area contributed by atoms with E-state index in [0.717, 1.165) is 35.9 Å². The van der Waals surface area contributed by atoms with Crippen LogP contribution in [0, 0.1) is 11.8 Å². The molecule has 11 heavy (non-hydrogen) atoms. The number of fused-ring (bicyclic) bond motifs is 2. The number of hydrogen-bond donors (Lipinski definition) is 0. The molecule has 0 radical (unpaired) electrons. The molecule has 1 saturated carbocycles. The summed E-state index contributed by atoms with van der Waals surface area (Å²) in [6.07, 6.45) is 4.60. The van der Waals surface area contributed by atoms with Crippen molar-refractivity contribution in [3.05, 3.63) is 0 Å². The summed E-state index contributed by atoms with van der Waals surface area (Å²) in [7, 11) is 0. The first-order valence-electron chi connectivity index (χ1n) is 4.77. The number of rotatable bonds is 0. The van der Waals surface area contributed by atoms with Crippen molar-refractivity contribution in [2.45, 2.75) is 49.2 Å². The molecule has 0 N–H and O–H groups in total. The molecule has 1 heteroatoms. The van der Waals surface area contributed by atoms with E-state index in [1.165, 1.54) is 12.8 Å². The molecule has 0 aromatic rings.